The molecular formula is C19H25F2N3O4S. The highest BCUT2D eigenvalue weighted by Crippen LogP contribution is 2.39. The lowest BCUT2D eigenvalue weighted by Crippen LogP contribution is -2.57. The van der Waals surface area contributed by atoms with Gasteiger partial charge in [-0.05, 0) is 37.8 Å². The lowest BCUT2D eigenvalue weighted by atomic mass is 9.87. The van der Waals surface area contributed by atoms with Crippen molar-refractivity contribution in [2.75, 3.05) is 39.9 Å². The van der Waals surface area contributed by atoms with Crippen molar-refractivity contribution < 1.29 is 26.7 Å². The molecule has 3 fully saturated rings. The Morgan fingerprint density at radius 1 is 1.14 bits per heavy atom. The van der Waals surface area contributed by atoms with Crippen LogP contribution in [0.5, 0.6) is 0 Å². The van der Waals surface area contributed by atoms with Gasteiger partial charge in [-0.25, -0.2) is 22.0 Å². The molecule has 0 atom stereocenters. The van der Waals surface area contributed by atoms with Crippen LogP contribution in [0.15, 0.2) is 23.1 Å². The zero-order valence-electron chi connectivity index (χ0n) is 16.3. The van der Waals surface area contributed by atoms with Gasteiger partial charge in [-0.1, -0.05) is 0 Å². The Labute approximate surface area is 169 Å². The maximum Gasteiger partial charge on any atom is 0.320 e. The van der Waals surface area contributed by atoms with Gasteiger partial charge in [0.05, 0.1) is 5.54 Å². The standard InChI is InChI=1S/C19H25F2N3O4S/c1-22-13-19(6-10-28-11-7-19)24(18(22)25)15-4-8-23(9-5-15)29(26,27)17-3-2-14(20)12-16(17)21/h2-3,12,15H,4-11,13H2,1H3. The van der Waals surface area contributed by atoms with Crippen molar-refractivity contribution in [3.8, 4) is 0 Å². The third-order valence-electron chi connectivity index (χ3n) is 6.30. The first kappa shape index (κ1) is 20.5. The van der Waals surface area contributed by atoms with Gasteiger partial charge in [0.1, 0.15) is 16.5 Å². The number of urea groups is 1. The van der Waals surface area contributed by atoms with E-state index < -0.39 is 26.6 Å². The predicted octanol–water partition coefficient (Wildman–Crippen LogP) is 2.03. The van der Waals surface area contributed by atoms with Crippen LogP contribution in [0.1, 0.15) is 25.7 Å². The summed E-state index contributed by atoms with van der Waals surface area (Å²) in [6.45, 7) is 2.23. The van der Waals surface area contributed by atoms with E-state index in [1.54, 1.807) is 11.9 Å². The van der Waals surface area contributed by atoms with Crippen LogP contribution in [0.25, 0.3) is 0 Å². The molecule has 160 valence electrons. The van der Waals surface area contributed by atoms with E-state index in [9.17, 15) is 22.0 Å². The molecule has 2 amide bonds. The molecule has 0 saturated carbocycles. The first-order valence-corrected chi connectivity index (χ1v) is 11.3. The molecule has 0 radical (unpaired) electrons. The fourth-order valence-corrected chi connectivity index (χ4v) is 6.35. The average Bonchev–Trinajstić information content (AvgIpc) is 2.91. The number of likely N-dealkylation sites (N-methyl/N-ethyl adjacent to an activating group) is 1. The summed E-state index contributed by atoms with van der Waals surface area (Å²) in [7, 11) is -2.27. The van der Waals surface area contributed by atoms with E-state index in [2.05, 4.69) is 0 Å². The summed E-state index contributed by atoms with van der Waals surface area (Å²) < 4.78 is 59.5. The molecule has 0 aromatic heterocycles. The molecule has 3 heterocycles. The van der Waals surface area contributed by atoms with Crippen LogP contribution in [-0.4, -0.2) is 80.0 Å². The van der Waals surface area contributed by atoms with Gasteiger partial charge in [0, 0.05) is 52.0 Å². The van der Waals surface area contributed by atoms with Gasteiger partial charge >= 0.3 is 6.03 Å². The second kappa shape index (κ2) is 7.48. The third kappa shape index (κ3) is 3.51. The Balaban J connectivity index is 1.51. The summed E-state index contributed by atoms with van der Waals surface area (Å²) in [5, 5.41) is 0. The van der Waals surface area contributed by atoms with E-state index in [-0.39, 0.29) is 30.7 Å². The van der Waals surface area contributed by atoms with Crippen molar-refractivity contribution in [3.05, 3.63) is 29.8 Å². The molecule has 10 heteroatoms. The van der Waals surface area contributed by atoms with Gasteiger partial charge in [-0.3, -0.25) is 0 Å². The second-order valence-electron chi connectivity index (χ2n) is 8.06. The summed E-state index contributed by atoms with van der Waals surface area (Å²) in [6, 6.07) is 2.37. The smallest absolute Gasteiger partial charge is 0.320 e. The highest BCUT2D eigenvalue weighted by molar-refractivity contribution is 7.89. The van der Waals surface area contributed by atoms with Crippen molar-refractivity contribution in [2.45, 2.75) is 42.2 Å². The molecule has 1 spiro atoms. The lowest BCUT2D eigenvalue weighted by Gasteiger charge is -2.46. The number of hydrogen-bond acceptors (Lipinski definition) is 4. The van der Waals surface area contributed by atoms with Crippen LogP contribution < -0.4 is 0 Å². The normalized spacial score (nSPS) is 23.9. The van der Waals surface area contributed by atoms with Crippen LogP contribution in [0.3, 0.4) is 0 Å². The summed E-state index contributed by atoms with van der Waals surface area (Å²) in [5.74, 6) is -1.91. The molecule has 1 aromatic rings. The first-order chi connectivity index (χ1) is 13.7. The SMILES string of the molecule is CN1CC2(CCOCC2)N(C2CCN(S(=O)(=O)c3ccc(F)cc3F)CC2)C1=O. The van der Waals surface area contributed by atoms with Gasteiger partial charge in [0.15, 0.2) is 0 Å². The van der Waals surface area contributed by atoms with E-state index in [0.29, 0.717) is 38.7 Å². The monoisotopic (exact) mass is 429 g/mol. The molecule has 0 N–H and O–H groups in total. The van der Waals surface area contributed by atoms with Gasteiger partial charge in [-0.15, -0.1) is 0 Å². The number of rotatable bonds is 3. The van der Waals surface area contributed by atoms with Crippen molar-refractivity contribution >= 4 is 16.1 Å². The molecule has 0 unspecified atom stereocenters. The predicted molar refractivity (Wildman–Crippen MR) is 101 cm³/mol. The molecule has 4 rings (SSSR count). The highest BCUT2D eigenvalue weighted by Gasteiger charge is 2.52. The zero-order chi connectivity index (χ0) is 20.8. The van der Waals surface area contributed by atoms with E-state index >= 15 is 0 Å². The molecule has 29 heavy (non-hydrogen) atoms. The van der Waals surface area contributed by atoms with Gasteiger partial charge < -0.3 is 14.5 Å². The first-order valence-electron chi connectivity index (χ1n) is 9.82. The number of nitrogens with zero attached hydrogens (tertiary/aromatic N) is 3. The van der Waals surface area contributed by atoms with Crippen molar-refractivity contribution in [1.82, 2.24) is 14.1 Å². The number of benzene rings is 1. The van der Waals surface area contributed by atoms with Crippen LogP contribution >= 0.6 is 0 Å². The van der Waals surface area contributed by atoms with E-state index in [1.165, 1.54) is 4.31 Å². The maximum absolute atomic E-state index is 14.0. The lowest BCUT2D eigenvalue weighted by molar-refractivity contribution is -0.0129. The fraction of sp³-hybridized carbons (Fsp3) is 0.632. The fourth-order valence-electron chi connectivity index (χ4n) is 4.83. The number of sulfonamides is 1. The molecule has 0 bridgehead atoms. The van der Waals surface area contributed by atoms with E-state index in [4.69, 9.17) is 4.74 Å². The van der Waals surface area contributed by atoms with Crippen molar-refractivity contribution in [2.24, 2.45) is 0 Å². The number of halogens is 2. The second-order valence-corrected chi connectivity index (χ2v) is 9.96. The Morgan fingerprint density at radius 2 is 1.79 bits per heavy atom. The minimum atomic E-state index is -4.06. The van der Waals surface area contributed by atoms with Crippen molar-refractivity contribution in [1.29, 1.82) is 0 Å². The Morgan fingerprint density at radius 3 is 2.41 bits per heavy atom. The van der Waals surface area contributed by atoms with Gasteiger partial charge in [0.25, 0.3) is 0 Å². The molecule has 0 aliphatic carbocycles. The maximum atomic E-state index is 14.0. The summed E-state index contributed by atoms with van der Waals surface area (Å²) in [5.41, 5.74) is -0.265. The minimum Gasteiger partial charge on any atom is -0.381 e. The largest absolute Gasteiger partial charge is 0.381 e. The average molecular weight is 429 g/mol. The number of carbonyl (C=O) groups is 1. The molecular weight excluding hydrogens is 404 g/mol. The highest BCUT2D eigenvalue weighted by atomic mass is 32.2. The number of hydrogen-bond donors (Lipinski definition) is 0. The van der Waals surface area contributed by atoms with E-state index in [0.717, 1.165) is 25.0 Å². The van der Waals surface area contributed by atoms with Crippen LogP contribution in [-0.2, 0) is 14.8 Å². The molecule has 1 aromatic carbocycles. The Hall–Kier alpha value is -1.78. The molecule has 3 saturated heterocycles. The Bertz CT molecular complexity index is 897. The quantitative estimate of drug-likeness (QED) is 0.737. The number of piperidine rings is 1. The molecule has 7 nitrogen and oxygen atoms in total. The number of ether oxygens (including phenoxy) is 1. The topological polar surface area (TPSA) is 70.2 Å². The third-order valence-corrected chi connectivity index (χ3v) is 8.23. The minimum absolute atomic E-state index is 0.0298. The van der Waals surface area contributed by atoms with E-state index in [1.807, 2.05) is 4.90 Å². The summed E-state index contributed by atoms with van der Waals surface area (Å²) in [4.78, 5) is 16.0. The summed E-state index contributed by atoms with van der Waals surface area (Å²) in [6.07, 6.45) is 2.49. The van der Waals surface area contributed by atoms with Crippen LogP contribution in [0.2, 0.25) is 0 Å². The Kier molecular flexibility index (Phi) is 5.28. The van der Waals surface area contributed by atoms with Crippen LogP contribution in [0, 0.1) is 11.6 Å². The summed E-state index contributed by atoms with van der Waals surface area (Å²) >= 11 is 0. The van der Waals surface area contributed by atoms with Crippen LogP contribution in [0.4, 0.5) is 13.6 Å². The number of amides is 2. The molecule has 3 aliphatic heterocycles. The van der Waals surface area contributed by atoms with Gasteiger partial charge in [-0.2, -0.15) is 4.31 Å². The number of carbonyl (C=O) groups excluding carboxylic acids is 1. The van der Waals surface area contributed by atoms with Crippen molar-refractivity contribution in [3.63, 3.8) is 0 Å². The molecule has 3 aliphatic rings. The van der Waals surface area contributed by atoms with Gasteiger partial charge in [0.2, 0.25) is 10.0 Å². The zero-order valence-corrected chi connectivity index (χ0v) is 17.1.